The molecule has 0 fully saturated rings. The van der Waals surface area contributed by atoms with Gasteiger partial charge in [-0.3, -0.25) is 9.78 Å². The summed E-state index contributed by atoms with van der Waals surface area (Å²) in [6, 6.07) is 7.95. The number of esters is 1. The predicted molar refractivity (Wildman–Crippen MR) is 90.7 cm³/mol. The highest BCUT2D eigenvalue weighted by Gasteiger charge is 2.16. The number of hydrogen-bond donors (Lipinski definition) is 0. The third kappa shape index (κ3) is 3.02. The van der Waals surface area contributed by atoms with Crippen LogP contribution in [0.25, 0.3) is 10.9 Å². The average Bonchev–Trinajstić information content (AvgIpc) is 2.88. The maximum atomic E-state index is 12.3. The molecule has 0 aliphatic rings. The molecule has 3 aromatic rings. The zero-order chi connectivity index (χ0) is 17.3. The molecule has 24 heavy (non-hydrogen) atoms. The van der Waals surface area contributed by atoms with Gasteiger partial charge in [-0.05, 0) is 44.9 Å². The number of aromatic nitrogens is 2. The van der Waals surface area contributed by atoms with Crippen LogP contribution < -0.4 is 0 Å². The van der Waals surface area contributed by atoms with E-state index in [4.69, 9.17) is 9.26 Å². The Morgan fingerprint density at radius 3 is 2.54 bits per heavy atom. The highest BCUT2D eigenvalue weighted by molar-refractivity contribution is 5.85. The summed E-state index contributed by atoms with van der Waals surface area (Å²) >= 11 is 0. The Morgan fingerprint density at radius 1 is 1.08 bits per heavy atom. The van der Waals surface area contributed by atoms with Crippen molar-refractivity contribution in [3.63, 3.8) is 0 Å². The zero-order valence-corrected chi connectivity index (χ0v) is 14.3. The normalized spacial score (nSPS) is 11.0. The molecule has 2 aromatic heterocycles. The van der Waals surface area contributed by atoms with E-state index < -0.39 is 0 Å². The molecule has 5 heteroatoms. The lowest BCUT2D eigenvalue weighted by Gasteiger charge is -2.12. The number of para-hydroxylation sites is 1. The molecule has 0 amide bonds. The van der Waals surface area contributed by atoms with Crippen LogP contribution in [0.5, 0.6) is 0 Å². The van der Waals surface area contributed by atoms with Crippen LogP contribution >= 0.6 is 0 Å². The summed E-state index contributed by atoms with van der Waals surface area (Å²) < 4.78 is 10.5. The van der Waals surface area contributed by atoms with Crippen molar-refractivity contribution < 1.29 is 14.1 Å². The smallest absolute Gasteiger partial charge is 0.310 e. The monoisotopic (exact) mass is 324 g/mol. The van der Waals surface area contributed by atoms with Crippen molar-refractivity contribution >= 4 is 16.9 Å². The third-order valence-corrected chi connectivity index (χ3v) is 4.37. The van der Waals surface area contributed by atoms with Crippen LogP contribution in [0.15, 0.2) is 28.8 Å². The molecule has 124 valence electrons. The fourth-order valence-corrected chi connectivity index (χ4v) is 2.89. The van der Waals surface area contributed by atoms with Crippen molar-refractivity contribution in [1.82, 2.24) is 10.1 Å². The molecule has 0 atom stereocenters. The fraction of sp³-hybridized carbons (Fsp3) is 0.316. The standard InChI is InChI=1S/C19H20N2O3/c1-11-15-7-5-6-8-18(15)20-12(2)16(11)9-19(22)23-10-17-13(3)21-24-14(17)4/h5-8H,9-10H2,1-4H3. The fourth-order valence-electron chi connectivity index (χ4n) is 2.89. The lowest BCUT2D eigenvalue weighted by molar-refractivity contribution is -0.144. The summed E-state index contributed by atoms with van der Waals surface area (Å²) in [5.74, 6) is 0.401. The van der Waals surface area contributed by atoms with Crippen LogP contribution in [0.3, 0.4) is 0 Å². The number of hydrogen-bond acceptors (Lipinski definition) is 5. The molecule has 0 N–H and O–H groups in total. The van der Waals surface area contributed by atoms with Crippen LogP contribution in [0.2, 0.25) is 0 Å². The molecular weight excluding hydrogens is 304 g/mol. The summed E-state index contributed by atoms with van der Waals surface area (Å²) in [6.45, 7) is 7.77. The first-order chi connectivity index (χ1) is 11.5. The summed E-state index contributed by atoms with van der Waals surface area (Å²) in [7, 11) is 0. The Balaban J connectivity index is 1.78. The maximum Gasteiger partial charge on any atom is 0.310 e. The quantitative estimate of drug-likeness (QED) is 0.684. The first kappa shape index (κ1) is 16.2. The number of aryl methyl sites for hydroxylation is 4. The Hall–Kier alpha value is -2.69. The van der Waals surface area contributed by atoms with Gasteiger partial charge >= 0.3 is 5.97 Å². The molecule has 0 saturated carbocycles. The number of carbonyl (C=O) groups excluding carboxylic acids is 1. The van der Waals surface area contributed by atoms with Crippen molar-refractivity contribution in [2.75, 3.05) is 0 Å². The number of rotatable bonds is 4. The van der Waals surface area contributed by atoms with Crippen molar-refractivity contribution in [1.29, 1.82) is 0 Å². The van der Waals surface area contributed by atoms with Crippen LogP contribution in [0, 0.1) is 27.7 Å². The van der Waals surface area contributed by atoms with Gasteiger partial charge in [-0.2, -0.15) is 0 Å². The molecule has 0 unspecified atom stereocenters. The van der Waals surface area contributed by atoms with Crippen molar-refractivity contribution in [2.45, 2.75) is 40.7 Å². The van der Waals surface area contributed by atoms with Crippen molar-refractivity contribution in [3.8, 4) is 0 Å². The molecule has 0 radical (unpaired) electrons. The molecule has 5 nitrogen and oxygen atoms in total. The Morgan fingerprint density at radius 2 is 1.83 bits per heavy atom. The van der Waals surface area contributed by atoms with E-state index in [9.17, 15) is 4.79 Å². The second kappa shape index (κ2) is 6.43. The number of carbonyl (C=O) groups is 1. The topological polar surface area (TPSA) is 65.2 Å². The first-order valence-electron chi connectivity index (χ1n) is 7.89. The molecule has 0 aliphatic carbocycles. The highest BCUT2D eigenvalue weighted by Crippen LogP contribution is 2.23. The molecular formula is C19H20N2O3. The molecule has 0 saturated heterocycles. The third-order valence-electron chi connectivity index (χ3n) is 4.37. The van der Waals surface area contributed by atoms with Crippen molar-refractivity contribution in [2.24, 2.45) is 0 Å². The average molecular weight is 324 g/mol. The summed E-state index contributed by atoms with van der Waals surface area (Å²) in [5.41, 5.74) is 5.39. The molecule has 2 heterocycles. The van der Waals surface area contributed by atoms with Gasteiger partial charge < -0.3 is 9.26 Å². The number of nitrogens with zero attached hydrogens (tertiary/aromatic N) is 2. The Labute approximate surface area is 140 Å². The van der Waals surface area contributed by atoms with Gasteiger partial charge in [0.05, 0.1) is 23.2 Å². The van der Waals surface area contributed by atoms with E-state index in [2.05, 4.69) is 10.1 Å². The zero-order valence-electron chi connectivity index (χ0n) is 14.3. The van der Waals surface area contributed by atoms with Gasteiger partial charge in [-0.25, -0.2) is 0 Å². The van der Waals surface area contributed by atoms with Gasteiger partial charge in [0.2, 0.25) is 0 Å². The number of pyridine rings is 1. The lowest BCUT2D eigenvalue weighted by atomic mass is 10.00. The molecule has 1 aromatic carbocycles. The van der Waals surface area contributed by atoms with Crippen LogP contribution in [-0.4, -0.2) is 16.1 Å². The van der Waals surface area contributed by atoms with E-state index in [0.29, 0.717) is 5.76 Å². The maximum absolute atomic E-state index is 12.3. The van der Waals surface area contributed by atoms with Gasteiger partial charge in [0.15, 0.2) is 0 Å². The van der Waals surface area contributed by atoms with E-state index in [1.807, 2.05) is 52.0 Å². The van der Waals surface area contributed by atoms with Gasteiger partial charge in [0, 0.05) is 11.1 Å². The van der Waals surface area contributed by atoms with Gasteiger partial charge in [0.1, 0.15) is 12.4 Å². The van der Waals surface area contributed by atoms with Gasteiger partial charge in [-0.1, -0.05) is 23.4 Å². The summed E-state index contributed by atoms with van der Waals surface area (Å²) in [6.07, 6.45) is 0.207. The number of ether oxygens (including phenoxy) is 1. The van der Waals surface area contributed by atoms with Gasteiger partial charge in [-0.15, -0.1) is 0 Å². The Kier molecular flexibility index (Phi) is 4.34. The van der Waals surface area contributed by atoms with E-state index in [0.717, 1.165) is 39.0 Å². The lowest BCUT2D eigenvalue weighted by Crippen LogP contribution is -2.11. The minimum atomic E-state index is -0.279. The highest BCUT2D eigenvalue weighted by atomic mass is 16.5. The Bertz CT molecular complexity index is 893. The summed E-state index contributed by atoms with van der Waals surface area (Å²) in [5, 5.41) is 4.93. The largest absolute Gasteiger partial charge is 0.460 e. The van der Waals surface area contributed by atoms with Gasteiger partial charge in [0.25, 0.3) is 0 Å². The van der Waals surface area contributed by atoms with E-state index in [-0.39, 0.29) is 19.0 Å². The van der Waals surface area contributed by atoms with Crippen LogP contribution in [0.1, 0.15) is 33.8 Å². The number of fused-ring (bicyclic) bond motifs is 1. The predicted octanol–water partition coefficient (Wildman–Crippen LogP) is 3.74. The van der Waals surface area contributed by atoms with E-state index >= 15 is 0 Å². The minimum absolute atomic E-state index is 0.180. The molecule has 0 bridgehead atoms. The molecule has 3 rings (SSSR count). The molecule has 0 aliphatic heterocycles. The van der Waals surface area contributed by atoms with Crippen molar-refractivity contribution in [3.05, 3.63) is 58.1 Å². The van der Waals surface area contributed by atoms with E-state index in [1.165, 1.54) is 0 Å². The number of benzene rings is 1. The second-order valence-electron chi connectivity index (χ2n) is 5.96. The van der Waals surface area contributed by atoms with E-state index in [1.54, 1.807) is 0 Å². The van der Waals surface area contributed by atoms with Crippen LogP contribution in [0.4, 0.5) is 0 Å². The second-order valence-corrected chi connectivity index (χ2v) is 5.96. The summed E-state index contributed by atoms with van der Waals surface area (Å²) in [4.78, 5) is 16.9. The SMILES string of the molecule is Cc1noc(C)c1COC(=O)Cc1c(C)nc2ccccc2c1C. The minimum Gasteiger partial charge on any atom is -0.460 e. The molecule has 0 spiro atoms. The van der Waals surface area contributed by atoms with Crippen LogP contribution in [-0.2, 0) is 22.6 Å². The first-order valence-corrected chi connectivity index (χ1v) is 7.89.